The third kappa shape index (κ3) is 2.09. The van der Waals surface area contributed by atoms with Gasteiger partial charge in [0.05, 0.1) is 4.88 Å². The maximum absolute atomic E-state index is 12.1. The highest BCUT2D eigenvalue weighted by Gasteiger charge is 2.31. The van der Waals surface area contributed by atoms with Crippen LogP contribution in [-0.4, -0.2) is 29.3 Å². The summed E-state index contributed by atoms with van der Waals surface area (Å²) in [6.07, 6.45) is 2.59. The highest BCUT2D eigenvalue weighted by atomic mass is 32.1. The van der Waals surface area contributed by atoms with Crippen LogP contribution in [0.1, 0.15) is 28.9 Å². The maximum atomic E-state index is 12.1. The maximum Gasteiger partial charge on any atom is 0.264 e. The van der Waals surface area contributed by atoms with Crippen molar-refractivity contribution >= 4 is 23.2 Å². The van der Waals surface area contributed by atoms with Gasteiger partial charge in [0.1, 0.15) is 6.04 Å². The lowest BCUT2D eigenvalue weighted by molar-refractivity contribution is -0.123. The summed E-state index contributed by atoms with van der Waals surface area (Å²) >= 11 is 1.40. The molecule has 0 bridgehead atoms. The van der Waals surface area contributed by atoms with Gasteiger partial charge in [-0.25, -0.2) is 0 Å². The van der Waals surface area contributed by atoms with Gasteiger partial charge in [-0.3, -0.25) is 9.59 Å². The first-order valence-electron chi connectivity index (χ1n) is 5.34. The van der Waals surface area contributed by atoms with E-state index in [1.54, 1.807) is 11.0 Å². The van der Waals surface area contributed by atoms with Crippen molar-refractivity contribution in [2.24, 2.45) is 5.73 Å². The van der Waals surface area contributed by atoms with E-state index in [0.29, 0.717) is 17.8 Å². The third-order valence-corrected chi connectivity index (χ3v) is 3.68. The smallest absolute Gasteiger partial charge is 0.264 e. The van der Waals surface area contributed by atoms with Gasteiger partial charge in [-0.1, -0.05) is 6.07 Å². The van der Waals surface area contributed by atoms with E-state index in [0.717, 1.165) is 12.8 Å². The Morgan fingerprint density at radius 1 is 1.44 bits per heavy atom. The summed E-state index contributed by atoms with van der Waals surface area (Å²) in [4.78, 5) is 25.7. The molecule has 0 aromatic carbocycles. The lowest BCUT2D eigenvalue weighted by Crippen LogP contribution is -2.50. The summed E-state index contributed by atoms with van der Waals surface area (Å²) in [5, 5.41) is 1.86. The Morgan fingerprint density at radius 3 is 2.88 bits per heavy atom. The number of carbonyl (C=O) groups is 2. The number of rotatable bonds is 2. The molecule has 1 aromatic rings. The first kappa shape index (κ1) is 11.1. The standard InChI is InChI=1S/C11H14N2O2S/c12-10(14)8-4-1-2-6-13(8)11(15)9-5-3-7-16-9/h3,5,7-8H,1-2,4,6H2,(H2,12,14). The largest absolute Gasteiger partial charge is 0.368 e. The molecule has 1 saturated heterocycles. The average Bonchev–Trinajstić information content (AvgIpc) is 2.81. The number of amides is 2. The number of thiophene rings is 1. The molecule has 0 spiro atoms. The fourth-order valence-corrected chi connectivity index (χ4v) is 2.69. The van der Waals surface area contributed by atoms with Crippen molar-refractivity contribution in [2.45, 2.75) is 25.3 Å². The van der Waals surface area contributed by atoms with Crippen LogP contribution in [0.2, 0.25) is 0 Å². The van der Waals surface area contributed by atoms with Gasteiger partial charge in [0.25, 0.3) is 5.91 Å². The molecule has 86 valence electrons. The average molecular weight is 238 g/mol. The molecule has 1 unspecified atom stereocenters. The van der Waals surface area contributed by atoms with E-state index in [1.165, 1.54) is 11.3 Å². The van der Waals surface area contributed by atoms with Crippen molar-refractivity contribution < 1.29 is 9.59 Å². The Morgan fingerprint density at radius 2 is 2.25 bits per heavy atom. The van der Waals surface area contributed by atoms with Gasteiger partial charge in [0, 0.05) is 6.54 Å². The number of primary amides is 1. The number of nitrogens with two attached hydrogens (primary N) is 1. The normalized spacial score (nSPS) is 20.8. The van der Waals surface area contributed by atoms with Crippen molar-refractivity contribution in [1.82, 2.24) is 4.90 Å². The van der Waals surface area contributed by atoms with Gasteiger partial charge in [0.15, 0.2) is 0 Å². The second-order valence-electron chi connectivity index (χ2n) is 3.89. The van der Waals surface area contributed by atoms with Gasteiger partial charge >= 0.3 is 0 Å². The van der Waals surface area contributed by atoms with Crippen molar-refractivity contribution in [3.05, 3.63) is 22.4 Å². The van der Waals surface area contributed by atoms with Crippen molar-refractivity contribution in [1.29, 1.82) is 0 Å². The molecule has 1 fully saturated rings. The van der Waals surface area contributed by atoms with Gasteiger partial charge in [-0.15, -0.1) is 11.3 Å². The molecule has 16 heavy (non-hydrogen) atoms. The highest BCUT2D eigenvalue weighted by Crippen LogP contribution is 2.21. The second kappa shape index (κ2) is 4.65. The van der Waals surface area contributed by atoms with Crippen molar-refractivity contribution in [3.8, 4) is 0 Å². The SMILES string of the molecule is NC(=O)C1CCCCN1C(=O)c1cccs1. The fourth-order valence-electron chi connectivity index (χ4n) is 2.01. The summed E-state index contributed by atoms with van der Waals surface area (Å²) in [7, 11) is 0. The molecule has 1 aromatic heterocycles. The summed E-state index contributed by atoms with van der Waals surface area (Å²) in [6, 6.07) is 3.18. The summed E-state index contributed by atoms with van der Waals surface area (Å²) < 4.78 is 0. The molecule has 2 amide bonds. The first-order valence-corrected chi connectivity index (χ1v) is 6.22. The lowest BCUT2D eigenvalue weighted by Gasteiger charge is -2.33. The minimum Gasteiger partial charge on any atom is -0.368 e. The second-order valence-corrected chi connectivity index (χ2v) is 4.84. The van der Waals surface area contributed by atoms with Crippen LogP contribution in [-0.2, 0) is 4.79 Å². The Kier molecular flexibility index (Phi) is 3.24. The fraction of sp³-hybridized carbons (Fsp3) is 0.455. The first-order chi connectivity index (χ1) is 7.70. The van der Waals surface area contributed by atoms with E-state index in [2.05, 4.69) is 0 Å². The number of carbonyl (C=O) groups excluding carboxylic acids is 2. The third-order valence-electron chi connectivity index (χ3n) is 2.82. The lowest BCUT2D eigenvalue weighted by atomic mass is 10.0. The molecule has 1 atom stereocenters. The topological polar surface area (TPSA) is 63.4 Å². The van der Waals surface area contributed by atoms with Gasteiger partial charge < -0.3 is 10.6 Å². The molecule has 0 radical (unpaired) electrons. The van der Waals surface area contributed by atoms with E-state index >= 15 is 0 Å². The molecule has 2 heterocycles. The Hall–Kier alpha value is -1.36. The zero-order chi connectivity index (χ0) is 11.5. The summed E-state index contributed by atoms with van der Waals surface area (Å²) in [6.45, 7) is 0.629. The number of likely N-dealkylation sites (tertiary alicyclic amines) is 1. The molecule has 0 saturated carbocycles. The Labute approximate surface area is 98.0 Å². The number of hydrogen-bond acceptors (Lipinski definition) is 3. The predicted octanol–water partition coefficient (Wildman–Crippen LogP) is 1.23. The number of hydrogen-bond donors (Lipinski definition) is 1. The van der Waals surface area contributed by atoms with Crippen LogP contribution in [0.3, 0.4) is 0 Å². The monoisotopic (exact) mass is 238 g/mol. The van der Waals surface area contributed by atoms with Gasteiger partial charge in [-0.2, -0.15) is 0 Å². The van der Waals surface area contributed by atoms with Crippen LogP contribution in [0.5, 0.6) is 0 Å². The minimum atomic E-state index is -0.427. The molecule has 4 nitrogen and oxygen atoms in total. The minimum absolute atomic E-state index is 0.0708. The molecule has 1 aliphatic rings. The Bertz CT molecular complexity index is 389. The highest BCUT2D eigenvalue weighted by molar-refractivity contribution is 7.12. The quantitative estimate of drug-likeness (QED) is 0.842. The van der Waals surface area contributed by atoms with Crippen LogP contribution in [0.15, 0.2) is 17.5 Å². The molecule has 2 rings (SSSR count). The summed E-state index contributed by atoms with van der Waals surface area (Å²) in [5.74, 6) is -0.469. The zero-order valence-corrected chi connectivity index (χ0v) is 9.70. The van der Waals surface area contributed by atoms with E-state index in [1.807, 2.05) is 11.4 Å². The van der Waals surface area contributed by atoms with E-state index in [9.17, 15) is 9.59 Å². The molecule has 1 aliphatic heterocycles. The molecule has 0 aliphatic carbocycles. The molecule has 5 heteroatoms. The van der Waals surface area contributed by atoms with Crippen molar-refractivity contribution in [3.63, 3.8) is 0 Å². The molecular weight excluding hydrogens is 224 g/mol. The van der Waals surface area contributed by atoms with E-state index in [-0.39, 0.29) is 5.91 Å². The Balaban J connectivity index is 2.17. The number of piperidine rings is 1. The van der Waals surface area contributed by atoms with Crippen LogP contribution in [0, 0.1) is 0 Å². The zero-order valence-electron chi connectivity index (χ0n) is 8.89. The van der Waals surface area contributed by atoms with Crippen LogP contribution in [0.4, 0.5) is 0 Å². The van der Waals surface area contributed by atoms with E-state index < -0.39 is 11.9 Å². The van der Waals surface area contributed by atoms with Gasteiger partial charge in [0.2, 0.25) is 5.91 Å². The van der Waals surface area contributed by atoms with Crippen LogP contribution < -0.4 is 5.73 Å². The van der Waals surface area contributed by atoms with Crippen LogP contribution in [0.25, 0.3) is 0 Å². The van der Waals surface area contributed by atoms with Crippen molar-refractivity contribution in [2.75, 3.05) is 6.54 Å². The predicted molar refractivity (Wildman–Crippen MR) is 62.2 cm³/mol. The molecular formula is C11H14N2O2S. The summed E-state index contributed by atoms with van der Waals surface area (Å²) in [5.41, 5.74) is 5.32. The molecule has 2 N–H and O–H groups in total. The number of nitrogens with zero attached hydrogens (tertiary/aromatic N) is 1. The van der Waals surface area contributed by atoms with Gasteiger partial charge in [-0.05, 0) is 30.7 Å². The van der Waals surface area contributed by atoms with Crippen LogP contribution >= 0.6 is 11.3 Å². The van der Waals surface area contributed by atoms with E-state index in [4.69, 9.17) is 5.73 Å².